The van der Waals surface area contributed by atoms with Crippen LogP contribution in [0.2, 0.25) is 0 Å². The Morgan fingerprint density at radius 3 is 2.59 bits per heavy atom. The first kappa shape index (κ1) is 18.2. The number of methoxy groups -OCH3 is 1. The lowest BCUT2D eigenvalue weighted by molar-refractivity contribution is -0.129. The SMILES string of the molecule is COC(=O)c1ccc(/C=C2/N=C(c3cccc(OC(F)F)c3)OC2=O)cc1. The number of cyclic esters (lactones) is 1. The van der Waals surface area contributed by atoms with Crippen LogP contribution in [-0.4, -0.2) is 31.6 Å². The van der Waals surface area contributed by atoms with Gasteiger partial charge in [0.2, 0.25) is 5.90 Å². The Morgan fingerprint density at radius 2 is 1.93 bits per heavy atom. The van der Waals surface area contributed by atoms with E-state index in [4.69, 9.17) is 4.74 Å². The van der Waals surface area contributed by atoms with Crippen LogP contribution >= 0.6 is 0 Å². The Morgan fingerprint density at radius 1 is 1.19 bits per heavy atom. The minimum atomic E-state index is -2.96. The molecule has 0 N–H and O–H groups in total. The van der Waals surface area contributed by atoms with Gasteiger partial charge in [0.05, 0.1) is 12.7 Å². The fourth-order valence-electron chi connectivity index (χ4n) is 2.33. The second-order valence-electron chi connectivity index (χ2n) is 5.36. The quantitative estimate of drug-likeness (QED) is 0.593. The Kier molecular flexibility index (Phi) is 5.25. The summed E-state index contributed by atoms with van der Waals surface area (Å²) in [6, 6.07) is 12.0. The summed E-state index contributed by atoms with van der Waals surface area (Å²) in [4.78, 5) is 27.5. The zero-order chi connectivity index (χ0) is 19.4. The zero-order valence-electron chi connectivity index (χ0n) is 14.0. The fraction of sp³-hybridized carbons (Fsp3) is 0.105. The van der Waals surface area contributed by atoms with Gasteiger partial charge in [0.15, 0.2) is 5.70 Å². The van der Waals surface area contributed by atoms with Crippen molar-refractivity contribution in [2.75, 3.05) is 7.11 Å². The Hall–Kier alpha value is -3.55. The smallest absolute Gasteiger partial charge is 0.387 e. The normalized spacial score (nSPS) is 14.9. The summed E-state index contributed by atoms with van der Waals surface area (Å²) in [5.41, 5.74) is 1.35. The third-order valence-electron chi connectivity index (χ3n) is 3.56. The van der Waals surface area contributed by atoms with Crippen LogP contribution < -0.4 is 4.74 Å². The molecule has 3 rings (SSSR count). The van der Waals surface area contributed by atoms with Gasteiger partial charge in [-0.25, -0.2) is 14.6 Å². The lowest BCUT2D eigenvalue weighted by Crippen LogP contribution is -2.07. The molecule has 1 aliphatic rings. The van der Waals surface area contributed by atoms with Crippen molar-refractivity contribution in [3.8, 4) is 5.75 Å². The molecule has 0 bridgehead atoms. The van der Waals surface area contributed by atoms with Crippen molar-refractivity contribution in [1.29, 1.82) is 0 Å². The van der Waals surface area contributed by atoms with E-state index in [-0.39, 0.29) is 17.3 Å². The number of carbonyl (C=O) groups excluding carboxylic acids is 2. The molecule has 0 unspecified atom stereocenters. The van der Waals surface area contributed by atoms with Gasteiger partial charge in [-0.05, 0) is 42.0 Å². The number of hydrogen-bond donors (Lipinski definition) is 0. The number of aliphatic imine (C=N–C) groups is 1. The van der Waals surface area contributed by atoms with E-state index in [9.17, 15) is 18.4 Å². The topological polar surface area (TPSA) is 74.2 Å². The van der Waals surface area contributed by atoms with Gasteiger partial charge in [0.1, 0.15) is 5.75 Å². The molecular weight excluding hydrogens is 360 g/mol. The lowest BCUT2D eigenvalue weighted by atomic mass is 10.1. The Bertz CT molecular complexity index is 935. The molecule has 0 saturated heterocycles. The average Bonchev–Trinajstić information content (AvgIpc) is 3.02. The van der Waals surface area contributed by atoms with Gasteiger partial charge in [-0.15, -0.1) is 0 Å². The van der Waals surface area contributed by atoms with Crippen LogP contribution in [0.1, 0.15) is 21.5 Å². The molecule has 0 spiro atoms. The van der Waals surface area contributed by atoms with Gasteiger partial charge < -0.3 is 14.2 Å². The average molecular weight is 373 g/mol. The van der Waals surface area contributed by atoms with Gasteiger partial charge in [-0.3, -0.25) is 0 Å². The molecule has 0 aromatic heterocycles. The molecule has 2 aromatic carbocycles. The van der Waals surface area contributed by atoms with E-state index in [0.29, 0.717) is 16.7 Å². The summed E-state index contributed by atoms with van der Waals surface area (Å²) in [5, 5.41) is 0. The van der Waals surface area contributed by atoms with Gasteiger partial charge in [0, 0.05) is 5.56 Å². The van der Waals surface area contributed by atoms with Gasteiger partial charge in [0.25, 0.3) is 0 Å². The predicted molar refractivity (Wildman–Crippen MR) is 91.5 cm³/mol. The number of alkyl halides is 2. The maximum atomic E-state index is 12.3. The van der Waals surface area contributed by atoms with Crippen molar-refractivity contribution in [3.63, 3.8) is 0 Å². The third-order valence-corrected chi connectivity index (χ3v) is 3.56. The molecule has 1 heterocycles. The summed E-state index contributed by atoms with van der Waals surface area (Å²) < 4.78 is 38.7. The molecule has 0 aliphatic carbocycles. The highest BCUT2D eigenvalue weighted by Gasteiger charge is 2.24. The van der Waals surface area contributed by atoms with Crippen molar-refractivity contribution in [2.45, 2.75) is 6.61 Å². The van der Waals surface area contributed by atoms with Crippen LogP contribution in [-0.2, 0) is 14.3 Å². The van der Waals surface area contributed by atoms with Crippen molar-refractivity contribution >= 4 is 23.9 Å². The van der Waals surface area contributed by atoms with Gasteiger partial charge >= 0.3 is 18.6 Å². The van der Waals surface area contributed by atoms with E-state index in [1.807, 2.05) is 0 Å². The molecule has 0 saturated carbocycles. The highest BCUT2D eigenvalue weighted by molar-refractivity contribution is 6.13. The number of benzene rings is 2. The van der Waals surface area contributed by atoms with Crippen LogP contribution in [0.4, 0.5) is 8.78 Å². The molecule has 0 amide bonds. The number of hydrogen-bond acceptors (Lipinski definition) is 6. The molecule has 8 heteroatoms. The number of halogens is 2. The highest BCUT2D eigenvalue weighted by atomic mass is 19.3. The maximum Gasteiger partial charge on any atom is 0.387 e. The largest absolute Gasteiger partial charge is 0.465 e. The number of nitrogens with zero attached hydrogens (tertiary/aromatic N) is 1. The second-order valence-corrected chi connectivity index (χ2v) is 5.36. The monoisotopic (exact) mass is 373 g/mol. The Balaban J connectivity index is 1.83. The first-order valence-electron chi connectivity index (χ1n) is 7.72. The van der Waals surface area contributed by atoms with E-state index in [0.717, 1.165) is 0 Å². The summed E-state index contributed by atoms with van der Waals surface area (Å²) in [6.45, 7) is -2.96. The van der Waals surface area contributed by atoms with Gasteiger partial charge in [-0.1, -0.05) is 18.2 Å². The molecule has 0 fully saturated rings. The second kappa shape index (κ2) is 7.77. The van der Waals surface area contributed by atoms with Crippen LogP contribution in [0.5, 0.6) is 5.75 Å². The molecule has 138 valence electrons. The maximum absolute atomic E-state index is 12.3. The fourth-order valence-corrected chi connectivity index (χ4v) is 2.33. The molecule has 2 aromatic rings. The molecule has 6 nitrogen and oxygen atoms in total. The number of carbonyl (C=O) groups is 2. The third kappa shape index (κ3) is 4.35. The van der Waals surface area contributed by atoms with E-state index in [2.05, 4.69) is 14.5 Å². The van der Waals surface area contributed by atoms with E-state index < -0.39 is 18.6 Å². The summed E-state index contributed by atoms with van der Waals surface area (Å²) in [7, 11) is 1.28. The van der Waals surface area contributed by atoms with Crippen molar-refractivity contribution in [2.24, 2.45) is 4.99 Å². The molecular formula is C19H13F2NO5. The first-order chi connectivity index (χ1) is 13.0. The van der Waals surface area contributed by atoms with E-state index in [1.54, 1.807) is 30.3 Å². The van der Waals surface area contributed by atoms with E-state index in [1.165, 1.54) is 31.4 Å². The zero-order valence-corrected chi connectivity index (χ0v) is 14.0. The summed E-state index contributed by atoms with van der Waals surface area (Å²) in [6.07, 6.45) is 1.48. The van der Waals surface area contributed by atoms with Crippen LogP contribution in [0.3, 0.4) is 0 Å². The standard InChI is InChI=1S/C19H13F2NO5/c1-25-17(23)12-7-5-11(6-8-12)9-15-18(24)27-16(22-15)13-3-2-4-14(10-13)26-19(20)21/h2-10,19H,1H3/b15-9+. The molecule has 1 aliphatic heterocycles. The van der Waals surface area contributed by atoms with Crippen molar-refractivity contribution in [1.82, 2.24) is 0 Å². The van der Waals surface area contributed by atoms with Crippen LogP contribution in [0.25, 0.3) is 6.08 Å². The van der Waals surface area contributed by atoms with Crippen molar-refractivity contribution < 1.29 is 32.6 Å². The van der Waals surface area contributed by atoms with Gasteiger partial charge in [-0.2, -0.15) is 8.78 Å². The predicted octanol–water partition coefficient (Wildman–Crippen LogP) is 3.42. The summed E-state index contributed by atoms with van der Waals surface area (Å²) >= 11 is 0. The molecule has 27 heavy (non-hydrogen) atoms. The minimum absolute atomic E-state index is 0.0165. The van der Waals surface area contributed by atoms with Crippen LogP contribution in [0, 0.1) is 0 Å². The Labute approximate surface area is 152 Å². The first-order valence-corrected chi connectivity index (χ1v) is 7.72. The molecule has 0 atom stereocenters. The van der Waals surface area contributed by atoms with E-state index >= 15 is 0 Å². The number of rotatable bonds is 5. The highest BCUT2D eigenvalue weighted by Crippen LogP contribution is 2.22. The lowest BCUT2D eigenvalue weighted by Gasteiger charge is -2.05. The van der Waals surface area contributed by atoms with Crippen molar-refractivity contribution in [3.05, 3.63) is 70.9 Å². The van der Waals surface area contributed by atoms with Crippen LogP contribution in [0.15, 0.2) is 59.2 Å². The number of esters is 2. The summed E-state index contributed by atoms with van der Waals surface area (Å²) in [5.74, 6) is -1.24. The molecule has 0 radical (unpaired) electrons. The minimum Gasteiger partial charge on any atom is -0.465 e. The number of ether oxygens (including phenoxy) is 3.